The summed E-state index contributed by atoms with van der Waals surface area (Å²) < 4.78 is 0. The van der Waals surface area contributed by atoms with Gasteiger partial charge in [-0.3, -0.25) is 14.9 Å². The normalized spacial score (nSPS) is 26.7. The third-order valence-electron chi connectivity index (χ3n) is 4.14. The number of hydrogen-bond acceptors (Lipinski definition) is 2. The molecule has 108 valence electrons. The number of hydrogen-bond donors (Lipinski definition) is 1. The van der Waals surface area contributed by atoms with Crippen LogP contribution < -0.4 is 5.32 Å². The molecule has 1 aromatic carbocycles. The Morgan fingerprint density at radius 1 is 1.25 bits per heavy atom. The molecule has 2 amide bonds. The quantitative estimate of drug-likeness (QED) is 0.857. The van der Waals surface area contributed by atoms with Gasteiger partial charge in [0, 0.05) is 12.3 Å². The summed E-state index contributed by atoms with van der Waals surface area (Å²) in [6.07, 6.45) is 2.03. The van der Waals surface area contributed by atoms with E-state index in [-0.39, 0.29) is 23.1 Å². The first-order valence-electron chi connectivity index (χ1n) is 7.28. The highest BCUT2D eigenvalue weighted by atomic mass is 16.2. The fourth-order valence-corrected chi connectivity index (χ4v) is 3.41. The Morgan fingerprint density at radius 3 is 2.50 bits per heavy atom. The molecule has 0 spiro atoms. The van der Waals surface area contributed by atoms with Gasteiger partial charge < -0.3 is 0 Å². The van der Waals surface area contributed by atoms with E-state index in [9.17, 15) is 9.59 Å². The van der Waals surface area contributed by atoms with E-state index in [1.54, 1.807) is 0 Å². The number of nitrogens with one attached hydrogen (secondary N) is 1. The predicted octanol–water partition coefficient (Wildman–Crippen LogP) is 2.94. The van der Waals surface area contributed by atoms with Gasteiger partial charge in [-0.05, 0) is 29.7 Å². The molecule has 2 unspecified atom stereocenters. The van der Waals surface area contributed by atoms with Crippen molar-refractivity contribution in [2.75, 3.05) is 0 Å². The van der Waals surface area contributed by atoms with Crippen molar-refractivity contribution in [3.8, 4) is 0 Å². The van der Waals surface area contributed by atoms with Gasteiger partial charge in [0.25, 0.3) is 0 Å². The highest BCUT2D eigenvalue weighted by Crippen LogP contribution is 2.42. The van der Waals surface area contributed by atoms with Crippen molar-refractivity contribution < 1.29 is 9.59 Å². The van der Waals surface area contributed by atoms with Crippen LogP contribution in [0.15, 0.2) is 30.3 Å². The average Bonchev–Trinajstić information content (AvgIpc) is 2.34. The topological polar surface area (TPSA) is 46.2 Å². The van der Waals surface area contributed by atoms with Crippen molar-refractivity contribution in [2.24, 2.45) is 17.3 Å². The van der Waals surface area contributed by atoms with Crippen LogP contribution in [-0.4, -0.2) is 11.8 Å². The van der Waals surface area contributed by atoms with Crippen LogP contribution in [0, 0.1) is 17.3 Å². The highest BCUT2D eigenvalue weighted by molar-refractivity contribution is 5.99. The van der Waals surface area contributed by atoms with Crippen molar-refractivity contribution >= 4 is 11.8 Å². The Morgan fingerprint density at radius 2 is 1.90 bits per heavy atom. The van der Waals surface area contributed by atoms with E-state index in [1.165, 1.54) is 0 Å². The predicted molar refractivity (Wildman–Crippen MR) is 79.0 cm³/mol. The summed E-state index contributed by atoms with van der Waals surface area (Å²) in [5.41, 5.74) is 0.903. The van der Waals surface area contributed by atoms with E-state index in [4.69, 9.17) is 0 Å². The Labute approximate surface area is 120 Å². The van der Waals surface area contributed by atoms with Gasteiger partial charge in [0.1, 0.15) is 0 Å². The fourth-order valence-electron chi connectivity index (χ4n) is 3.41. The minimum Gasteiger partial charge on any atom is -0.296 e. The maximum atomic E-state index is 12.3. The molecule has 3 heteroatoms. The molecule has 1 aliphatic heterocycles. The molecule has 0 bridgehead atoms. The molecule has 0 aromatic heterocycles. The Kier molecular flexibility index (Phi) is 4.26. The van der Waals surface area contributed by atoms with Crippen LogP contribution in [0.3, 0.4) is 0 Å². The lowest BCUT2D eigenvalue weighted by atomic mass is 9.65. The van der Waals surface area contributed by atoms with Gasteiger partial charge in [0.15, 0.2) is 0 Å². The van der Waals surface area contributed by atoms with Crippen LogP contribution in [-0.2, 0) is 16.0 Å². The minimum atomic E-state index is -0.247. The molecule has 1 N–H and O–H groups in total. The van der Waals surface area contributed by atoms with Gasteiger partial charge in [-0.15, -0.1) is 0 Å². The van der Waals surface area contributed by atoms with Crippen LogP contribution in [0.5, 0.6) is 0 Å². The van der Waals surface area contributed by atoms with Crippen LogP contribution in [0.2, 0.25) is 0 Å². The maximum Gasteiger partial charge on any atom is 0.230 e. The zero-order valence-corrected chi connectivity index (χ0v) is 12.5. The summed E-state index contributed by atoms with van der Waals surface area (Å²) in [5, 5.41) is 2.50. The van der Waals surface area contributed by atoms with E-state index in [0.717, 1.165) is 12.0 Å². The number of carbonyl (C=O) groups is 2. The first-order chi connectivity index (χ1) is 9.40. The number of rotatable bonds is 4. The van der Waals surface area contributed by atoms with Crippen molar-refractivity contribution in [3.05, 3.63) is 35.9 Å². The number of benzene rings is 1. The van der Waals surface area contributed by atoms with Crippen molar-refractivity contribution in [3.63, 3.8) is 0 Å². The van der Waals surface area contributed by atoms with E-state index in [1.807, 2.05) is 30.3 Å². The summed E-state index contributed by atoms with van der Waals surface area (Å²) in [6.45, 7) is 6.36. The number of piperidine rings is 1. The molecule has 2 atom stereocenters. The minimum absolute atomic E-state index is 0.117. The molecule has 2 rings (SSSR count). The number of amides is 2. The van der Waals surface area contributed by atoms with Gasteiger partial charge in [0.05, 0.1) is 0 Å². The average molecular weight is 273 g/mol. The van der Waals surface area contributed by atoms with Crippen LogP contribution in [0.4, 0.5) is 0 Å². The summed E-state index contributed by atoms with van der Waals surface area (Å²) in [7, 11) is 0. The molecule has 1 heterocycles. The molecular weight excluding hydrogens is 250 g/mol. The number of imide groups is 1. The molecular formula is C17H23NO2. The zero-order chi connectivity index (χ0) is 14.8. The summed E-state index contributed by atoms with van der Waals surface area (Å²) in [4.78, 5) is 24.0. The van der Waals surface area contributed by atoms with Crippen LogP contribution in [0.25, 0.3) is 0 Å². The highest BCUT2D eigenvalue weighted by Gasteiger charge is 2.45. The second-order valence-corrected chi connectivity index (χ2v) is 6.58. The van der Waals surface area contributed by atoms with E-state index >= 15 is 0 Å². The van der Waals surface area contributed by atoms with E-state index < -0.39 is 0 Å². The third-order valence-corrected chi connectivity index (χ3v) is 4.14. The van der Waals surface area contributed by atoms with Gasteiger partial charge >= 0.3 is 0 Å². The maximum absolute atomic E-state index is 12.3. The van der Waals surface area contributed by atoms with Crippen molar-refractivity contribution in [2.45, 2.75) is 40.0 Å². The SMILES string of the molecule is CC(C)CC1(C)CC(=O)NC(=O)C1Cc1ccccc1. The zero-order valence-electron chi connectivity index (χ0n) is 12.5. The first-order valence-corrected chi connectivity index (χ1v) is 7.28. The number of carbonyl (C=O) groups excluding carboxylic acids is 2. The first kappa shape index (κ1) is 14.8. The molecule has 3 nitrogen and oxygen atoms in total. The third kappa shape index (κ3) is 3.27. The molecule has 1 aromatic rings. The standard InChI is InChI=1S/C17H23NO2/c1-12(2)10-17(3)11-15(19)18-16(20)14(17)9-13-7-5-4-6-8-13/h4-8,12,14H,9-11H2,1-3H3,(H,18,19,20). The van der Waals surface area contributed by atoms with Crippen LogP contribution >= 0.6 is 0 Å². The summed E-state index contributed by atoms with van der Waals surface area (Å²) in [5.74, 6) is 0.0812. The molecule has 1 saturated heterocycles. The molecule has 0 radical (unpaired) electrons. The second-order valence-electron chi connectivity index (χ2n) is 6.58. The van der Waals surface area contributed by atoms with Gasteiger partial charge in [-0.2, -0.15) is 0 Å². The Bertz CT molecular complexity index is 495. The van der Waals surface area contributed by atoms with Gasteiger partial charge in [0.2, 0.25) is 11.8 Å². The summed E-state index contributed by atoms with van der Waals surface area (Å²) in [6, 6.07) is 10.0. The Hall–Kier alpha value is -1.64. The Balaban J connectivity index is 2.25. The lowest BCUT2D eigenvalue weighted by molar-refractivity contribution is -0.143. The molecule has 1 fully saturated rings. The van der Waals surface area contributed by atoms with Crippen LogP contribution in [0.1, 0.15) is 39.2 Å². The van der Waals surface area contributed by atoms with E-state index in [2.05, 4.69) is 26.1 Å². The van der Waals surface area contributed by atoms with Gasteiger partial charge in [-0.1, -0.05) is 51.1 Å². The lowest BCUT2D eigenvalue weighted by Crippen LogP contribution is -2.52. The second kappa shape index (κ2) is 5.78. The lowest BCUT2D eigenvalue weighted by Gasteiger charge is -2.41. The van der Waals surface area contributed by atoms with E-state index in [0.29, 0.717) is 18.8 Å². The molecule has 0 aliphatic carbocycles. The van der Waals surface area contributed by atoms with Gasteiger partial charge in [-0.25, -0.2) is 0 Å². The molecule has 1 aliphatic rings. The van der Waals surface area contributed by atoms with Crippen molar-refractivity contribution in [1.29, 1.82) is 0 Å². The summed E-state index contributed by atoms with van der Waals surface area (Å²) >= 11 is 0. The van der Waals surface area contributed by atoms with Crippen molar-refractivity contribution in [1.82, 2.24) is 5.32 Å². The molecule has 20 heavy (non-hydrogen) atoms. The largest absolute Gasteiger partial charge is 0.296 e. The molecule has 0 saturated carbocycles. The smallest absolute Gasteiger partial charge is 0.230 e. The fraction of sp³-hybridized carbons (Fsp3) is 0.529. The monoisotopic (exact) mass is 273 g/mol.